The first-order valence-electron chi connectivity index (χ1n) is 4.68. The van der Waals surface area contributed by atoms with Crippen LogP contribution in [0.5, 0.6) is 5.75 Å². The van der Waals surface area contributed by atoms with Gasteiger partial charge >= 0.3 is 0 Å². The van der Waals surface area contributed by atoms with Crippen LogP contribution in [0.2, 0.25) is 0 Å². The van der Waals surface area contributed by atoms with Crippen LogP contribution < -0.4 is 5.32 Å². The minimum absolute atomic E-state index is 0.0971. The molecule has 0 bridgehead atoms. The smallest absolute Gasteiger partial charge is 0.260 e. The Hall–Kier alpha value is -2.30. The van der Waals surface area contributed by atoms with E-state index in [2.05, 4.69) is 10.5 Å². The fourth-order valence-corrected chi connectivity index (χ4v) is 1.30. The van der Waals surface area contributed by atoms with E-state index in [0.29, 0.717) is 17.0 Å². The van der Waals surface area contributed by atoms with Crippen LogP contribution in [0.25, 0.3) is 0 Å². The standard InChI is InChI=1S/C11H10N2O3/c1-7-10(6-12-16-7)11(15)13-8-3-2-4-9(14)5-8/h2-6,14H,1H3,(H,13,15). The van der Waals surface area contributed by atoms with Crippen molar-refractivity contribution in [3.05, 3.63) is 41.8 Å². The van der Waals surface area contributed by atoms with Gasteiger partial charge in [-0.05, 0) is 19.1 Å². The van der Waals surface area contributed by atoms with Crippen LogP contribution in [-0.2, 0) is 0 Å². The second-order valence-corrected chi connectivity index (χ2v) is 3.30. The zero-order valence-electron chi connectivity index (χ0n) is 8.60. The molecule has 5 nitrogen and oxygen atoms in total. The number of benzene rings is 1. The van der Waals surface area contributed by atoms with Gasteiger partial charge in [-0.2, -0.15) is 0 Å². The van der Waals surface area contributed by atoms with Gasteiger partial charge in [0, 0.05) is 11.8 Å². The maximum atomic E-state index is 11.7. The van der Waals surface area contributed by atoms with Crippen LogP contribution in [0.3, 0.4) is 0 Å². The highest BCUT2D eigenvalue weighted by Crippen LogP contribution is 2.17. The summed E-state index contributed by atoms with van der Waals surface area (Å²) in [5.41, 5.74) is 0.897. The molecule has 1 aromatic heterocycles. The molecule has 16 heavy (non-hydrogen) atoms. The van der Waals surface area contributed by atoms with Crippen LogP contribution in [0, 0.1) is 6.92 Å². The van der Waals surface area contributed by atoms with Gasteiger partial charge in [-0.25, -0.2) is 0 Å². The molecule has 0 spiro atoms. The monoisotopic (exact) mass is 218 g/mol. The van der Waals surface area contributed by atoms with Crippen molar-refractivity contribution >= 4 is 11.6 Å². The molecule has 0 fully saturated rings. The Bertz CT molecular complexity index is 519. The molecular weight excluding hydrogens is 208 g/mol. The number of amides is 1. The first-order chi connectivity index (χ1) is 7.66. The van der Waals surface area contributed by atoms with Gasteiger partial charge in [0.05, 0.1) is 6.20 Å². The summed E-state index contributed by atoms with van der Waals surface area (Å²) in [5.74, 6) is 0.238. The van der Waals surface area contributed by atoms with Crippen molar-refractivity contribution in [2.24, 2.45) is 0 Å². The summed E-state index contributed by atoms with van der Waals surface area (Å²) in [4.78, 5) is 11.7. The summed E-state index contributed by atoms with van der Waals surface area (Å²) in [5, 5.41) is 15.4. The lowest BCUT2D eigenvalue weighted by Gasteiger charge is -2.03. The minimum Gasteiger partial charge on any atom is -0.508 e. The van der Waals surface area contributed by atoms with E-state index in [1.165, 1.54) is 18.3 Å². The first-order valence-corrected chi connectivity index (χ1v) is 4.68. The average Bonchev–Trinajstić information content (AvgIpc) is 2.64. The fourth-order valence-electron chi connectivity index (χ4n) is 1.30. The third kappa shape index (κ3) is 2.03. The minimum atomic E-state index is -0.315. The molecule has 2 rings (SSSR count). The third-order valence-corrected chi connectivity index (χ3v) is 2.10. The maximum Gasteiger partial charge on any atom is 0.260 e. The van der Waals surface area contributed by atoms with Gasteiger partial charge in [0.15, 0.2) is 0 Å². The summed E-state index contributed by atoms with van der Waals surface area (Å²) in [6.07, 6.45) is 1.35. The molecule has 1 aromatic carbocycles. The molecule has 0 aliphatic carbocycles. The maximum absolute atomic E-state index is 11.7. The van der Waals surface area contributed by atoms with Crippen LogP contribution in [0.4, 0.5) is 5.69 Å². The van der Waals surface area contributed by atoms with Gasteiger partial charge in [0.1, 0.15) is 17.1 Å². The molecule has 0 saturated carbocycles. The molecule has 5 heteroatoms. The van der Waals surface area contributed by atoms with E-state index in [1.54, 1.807) is 19.1 Å². The normalized spacial score (nSPS) is 10.1. The van der Waals surface area contributed by atoms with E-state index >= 15 is 0 Å². The number of carbonyl (C=O) groups excluding carboxylic acids is 1. The molecule has 0 aliphatic rings. The van der Waals surface area contributed by atoms with E-state index in [-0.39, 0.29) is 11.7 Å². The third-order valence-electron chi connectivity index (χ3n) is 2.10. The topological polar surface area (TPSA) is 75.4 Å². The van der Waals surface area contributed by atoms with Gasteiger partial charge < -0.3 is 14.9 Å². The fraction of sp³-hybridized carbons (Fsp3) is 0.0909. The van der Waals surface area contributed by atoms with Crippen molar-refractivity contribution < 1.29 is 14.4 Å². The lowest BCUT2D eigenvalue weighted by atomic mass is 10.2. The molecule has 2 aromatic rings. The summed E-state index contributed by atoms with van der Waals surface area (Å²) >= 11 is 0. The summed E-state index contributed by atoms with van der Waals surface area (Å²) in [6, 6.07) is 6.31. The van der Waals surface area contributed by atoms with Crippen molar-refractivity contribution in [2.75, 3.05) is 5.32 Å². The first kappa shape index (κ1) is 10.2. The molecule has 0 unspecified atom stereocenters. The number of rotatable bonds is 2. The van der Waals surface area contributed by atoms with E-state index < -0.39 is 0 Å². The number of nitrogens with one attached hydrogen (secondary N) is 1. The lowest BCUT2D eigenvalue weighted by Crippen LogP contribution is -2.11. The second kappa shape index (κ2) is 4.06. The zero-order valence-corrected chi connectivity index (χ0v) is 8.60. The van der Waals surface area contributed by atoms with E-state index in [9.17, 15) is 9.90 Å². The summed E-state index contributed by atoms with van der Waals surface area (Å²) in [7, 11) is 0. The van der Waals surface area contributed by atoms with E-state index in [0.717, 1.165) is 0 Å². The molecule has 1 amide bonds. The van der Waals surface area contributed by atoms with Crippen molar-refractivity contribution in [2.45, 2.75) is 6.92 Å². The Morgan fingerprint density at radius 3 is 2.94 bits per heavy atom. The predicted octanol–water partition coefficient (Wildman–Crippen LogP) is 1.94. The Kier molecular flexibility index (Phi) is 2.59. The number of hydrogen-bond donors (Lipinski definition) is 2. The molecule has 1 heterocycles. The van der Waals surface area contributed by atoms with Gasteiger partial charge in [0.25, 0.3) is 5.91 Å². The lowest BCUT2D eigenvalue weighted by molar-refractivity contribution is 0.102. The SMILES string of the molecule is Cc1oncc1C(=O)Nc1cccc(O)c1. The Labute approximate surface area is 91.7 Å². The van der Waals surface area contributed by atoms with Crippen molar-refractivity contribution in [3.8, 4) is 5.75 Å². The van der Waals surface area contributed by atoms with Crippen molar-refractivity contribution in [3.63, 3.8) is 0 Å². The Morgan fingerprint density at radius 1 is 1.50 bits per heavy atom. The number of phenols is 1. The van der Waals surface area contributed by atoms with Crippen LogP contribution >= 0.6 is 0 Å². The highest BCUT2D eigenvalue weighted by atomic mass is 16.5. The second-order valence-electron chi connectivity index (χ2n) is 3.30. The molecule has 0 atom stereocenters. The molecule has 82 valence electrons. The number of aryl methyl sites for hydroxylation is 1. The van der Waals surface area contributed by atoms with Crippen molar-refractivity contribution in [1.82, 2.24) is 5.16 Å². The van der Waals surface area contributed by atoms with Gasteiger partial charge in [-0.1, -0.05) is 11.2 Å². The highest BCUT2D eigenvalue weighted by Gasteiger charge is 2.12. The quantitative estimate of drug-likeness (QED) is 0.807. The van der Waals surface area contributed by atoms with Crippen LogP contribution in [-0.4, -0.2) is 16.2 Å². The molecule has 0 aliphatic heterocycles. The Balaban J connectivity index is 2.17. The largest absolute Gasteiger partial charge is 0.508 e. The van der Waals surface area contributed by atoms with Gasteiger partial charge in [-0.15, -0.1) is 0 Å². The summed E-state index contributed by atoms with van der Waals surface area (Å²) < 4.78 is 4.79. The average molecular weight is 218 g/mol. The number of carbonyl (C=O) groups is 1. The number of phenolic OH excluding ortho intramolecular Hbond substituents is 1. The molecular formula is C11H10N2O3. The number of anilines is 1. The molecule has 0 saturated heterocycles. The predicted molar refractivity (Wildman–Crippen MR) is 57.3 cm³/mol. The number of nitrogens with zero attached hydrogens (tertiary/aromatic N) is 1. The highest BCUT2D eigenvalue weighted by molar-refractivity contribution is 6.04. The van der Waals surface area contributed by atoms with E-state index in [1.807, 2.05) is 0 Å². The number of aromatic hydroxyl groups is 1. The number of aromatic nitrogens is 1. The summed E-state index contributed by atoms with van der Waals surface area (Å²) in [6.45, 7) is 1.66. The zero-order chi connectivity index (χ0) is 11.5. The van der Waals surface area contributed by atoms with Crippen LogP contribution in [0.15, 0.2) is 35.0 Å². The van der Waals surface area contributed by atoms with Crippen molar-refractivity contribution in [1.29, 1.82) is 0 Å². The van der Waals surface area contributed by atoms with Gasteiger partial charge in [0.2, 0.25) is 0 Å². The van der Waals surface area contributed by atoms with Crippen LogP contribution in [0.1, 0.15) is 16.1 Å². The number of hydrogen-bond acceptors (Lipinski definition) is 4. The van der Waals surface area contributed by atoms with Gasteiger partial charge in [-0.3, -0.25) is 4.79 Å². The Morgan fingerprint density at radius 2 is 2.31 bits per heavy atom. The van der Waals surface area contributed by atoms with E-state index in [4.69, 9.17) is 4.52 Å². The molecule has 2 N–H and O–H groups in total. The molecule has 0 radical (unpaired) electrons.